The zero-order chi connectivity index (χ0) is 15.7. The summed E-state index contributed by atoms with van der Waals surface area (Å²) >= 11 is 6.03. The summed E-state index contributed by atoms with van der Waals surface area (Å²) in [5.74, 6) is 0.900. The smallest absolute Gasteiger partial charge is 0.193 e. The third-order valence-corrected chi connectivity index (χ3v) is 4.35. The number of halogens is 2. The van der Waals surface area contributed by atoms with Gasteiger partial charge in [-0.05, 0) is 61.2 Å². The van der Waals surface area contributed by atoms with E-state index in [1.54, 1.807) is 0 Å². The van der Waals surface area contributed by atoms with Gasteiger partial charge in [-0.15, -0.1) is 24.0 Å². The predicted octanol–water partition coefficient (Wildman–Crippen LogP) is 4.86. The van der Waals surface area contributed by atoms with Crippen molar-refractivity contribution in [3.05, 3.63) is 64.2 Å². The summed E-state index contributed by atoms with van der Waals surface area (Å²) < 4.78 is 0. The number of nitrogens with two attached hydrogens (primary N) is 1. The Morgan fingerprint density at radius 1 is 1.17 bits per heavy atom. The fraction of sp³-hybridized carbons (Fsp3) is 0.278. The lowest BCUT2D eigenvalue weighted by Gasteiger charge is -2.08. The molecule has 0 aliphatic heterocycles. The molecule has 3 rings (SSSR count). The number of aliphatic imine (C=N–C) groups is 1. The second kappa shape index (κ2) is 7.53. The maximum Gasteiger partial charge on any atom is 0.193 e. The van der Waals surface area contributed by atoms with Crippen LogP contribution in [0.25, 0.3) is 0 Å². The van der Waals surface area contributed by atoms with Gasteiger partial charge in [0.05, 0.1) is 6.04 Å². The van der Waals surface area contributed by atoms with Crippen molar-refractivity contribution < 1.29 is 0 Å². The molecule has 1 saturated carbocycles. The third kappa shape index (κ3) is 4.61. The lowest BCUT2D eigenvalue weighted by atomic mass is 10.1. The van der Waals surface area contributed by atoms with Crippen molar-refractivity contribution in [1.29, 1.82) is 0 Å². The van der Waals surface area contributed by atoms with Crippen LogP contribution < -0.4 is 11.1 Å². The number of nitrogens with one attached hydrogen (secondary N) is 1. The van der Waals surface area contributed by atoms with E-state index < -0.39 is 0 Å². The third-order valence-electron chi connectivity index (χ3n) is 4.12. The van der Waals surface area contributed by atoms with Gasteiger partial charge in [0.1, 0.15) is 0 Å². The van der Waals surface area contributed by atoms with Crippen molar-refractivity contribution in [2.24, 2.45) is 10.7 Å². The Labute approximate surface area is 159 Å². The average molecular weight is 442 g/mol. The summed E-state index contributed by atoms with van der Waals surface area (Å²) in [5, 5.41) is 3.94. The van der Waals surface area contributed by atoms with Crippen LogP contribution in [-0.4, -0.2) is 12.0 Å². The number of benzene rings is 2. The van der Waals surface area contributed by atoms with Crippen LogP contribution in [-0.2, 0) is 0 Å². The first-order valence-electron chi connectivity index (χ1n) is 7.46. The van der Waals surface area contributed by atoms with Gasteiger partial charge in [0.15, 0.2) is 5.96 Å². The normalized spacial score (nSPS) is 19.9. The first-order chi connectivity index (χ1) is 10.5. The second-order valence-electron chi connectivity index (χ2n) is 5.90. The molecule has 1 aliphatic rings. The zero-order valence-electron chi connectivity index (χ0n) is 13.2. The minimum absolute atomic E-state index is 0. The van der Waals surface area contributed by atoms with E-state index in [0.717, 1.165) is 17.1 Å². The van der Waals surface area contributed by atoms with E-state index in [-0.39, 0.29) is 30.0 Å². The number of rotatable bonds is 3. The van der Waals surface area contributed by atoms with Crippen molar-refractivity contribution in [3.8, 4) is 0 Å². The van der Waals surface area contributed by atoms with E-state index in [1.807, 2.05) is 24.3 Å². The molecule has 1 aliphatic carbocycles. The van der Waals surface area contributed by atoms with Gasteiger partial charge in [-0.3, -0.25) is 0 Å². The molecule has 2 unspecified atom stereocenters. The second-order valence-corrected chi connectivity index (χ2v) is 6.34. The Morgan fingerprint density at radius 2 is 1.96 bits per heavy atom. The Kier molecular flexibility index (Phi) is 5.92. The quantitative estimate of drug-likeness (QED) is 0.406. The van der Waals surface area contributed by atoms with Crippen molar-refractivity contribution in [2.75, 3.05) is 5.32 Å². The van der Waals surface area contributed by atoms with Gasteiger partial charge in [0.25, 0.3) is 0 Å². The molecule has 3 nitrogen and oxygen atoms in total. The first-order valence-corrected chi connectivity index (χ1v) is 7.84. The summed E-state index contributed by atoms with van der Waals surface area (Å²) in [5.41, 5.74) is 10.7. The SMILES string of the molecule is Cc1ccc(NC(N)=NC2CC2c2cccc(Cl)c2)cc1C.I. The Balaban J connectivity index is 0.00000192. The van der Waals surface area contributed by atoms with Gasteiger partial charge >= 0.3 is 0 Å². The van der Waals surface area contributed by atoms with Crippen LogP contribution in [0.15, 0.2) is 47.5 Å². The monoisotopic (exact) mass is 441 g/mol. The molecule has 122 valence electrons. The zero-order valence-corrected chi connectivity index (χ0v) is 16.3. The number of hydrogen-bond donors (Lipinski definition) is 2. The van der Waals surface area contributed by atoms with E-state index in [9.17, 15) is 0 Å². The van der Waals surface area contributed by atoms with Crippen LogP contribution in [0.1, 0.15) is 29.0 Å². The maximum atomic E-state index is 6.03. The van der Waals surface area contributed by atoms with Gasteiger partial charge < -0.3 is 11.1 Å². The van der Waals surface area contributed by atoms with E-state index in [1.165, 1.54) is 16.7 Å². The molecular formula is C18H21ClIN3. The summed E-state index contributed by atoms with van der Waals surface area (Å²) in [4.78, 5) is 4.56. The molecule has 5 heteroatoms. The molecule has 2 aromatic rings. The molecule has 0 amide bonds. The van der Waals surface area contributed by atoms with E-state index in [4.69, 9.17) is 17.3 Å². The summed E-state index contributed by atoms with van der Waals surface area (Å²) in [6.07, 6.45) is 1.02. The van der Waals surface area contributed by atoms with Crippen LogP contribution in [0, 0.1) is 13.8 Å². The lowest BCUT2D eigenvalue weighted by Crippen LogP contribution is -2.23. The fourth-order valence-electron chi connectivity index (χ4n) is 2.60. The van der Waals surface area contributed by atoms with Crippen LogP contribution in [0.3, 0.4) is 0 Å². The van der Waals surface area contributed by atoms with Crippen LogP contribution >= 0.6 is 35.6 Å². The molecular weight excluding hydrogens is 421 g/mol. The van der Waals surface area contributed by atoms with Crippen molar-refractivity contribution in [2.45, 2.75) is 32.2 Å². The predicted molar refractivity (Wildman–Crippen MR) is 109 cm³/mol. The molecule has 0 bridgehead atoms. The first kappa shape index (κ1) is 18.1. The highest BCUT2D eigenvalue weighted by atomic mass is 127. The molecule has 0 aromatic heterocycles. The molecule has 23 heavy (non-hydrogen) atoms. The van der Waals surface area contributed by atoms with Crippen LogP contribution in [0.5, 0.6) is 0 Å². The minimum atomic E-state index is 0. The van der Waals surface area contributed by atoms with E-state index >= 15 is 0 Å². The molecule has 0 radical (unpaired) electrons. The lowest BCUT2D eigenvalue weighted by molar-refractivity contribution is 0.985. The van der Waals surface area contributed by atoms with Crippen LogP contribution in [0.2, 0.25) is 5.02 Å². The minimum Gasteiger partial charge on any atom is -0.370 e. The number of anilines is 1. The molecule has 0 spiro atoms. The highest BCUT2D eigenvalue weighted by Crippen LogP contribution is 2.44. The maximum absolute atomic E-state index is 6.03. The number of nitrogens with zero attached hydrogens (tertiary/aromatic N) is 1. The Bertz CT molecular complexity index is 730. The molecule has 3 N–H and O–H groups in total. The number of guanidine groups is 1. The number of hydrogen-bond acceptors (Lipinski definition) is 1. The van der Waals surface area contributed by atoms with Gasteiger partial charge in [-0.25, -0.2) is 4.99 Å². The molecule has 0 saturated heterocycles. The molecule has 2 aromatic carbocycles. The van der Waals surface area contributed by atoms with Crippen molar-refractivity contribution >= 4 is 47.2 Å². The topological polar surface area (TPSA) is 50.4 Å². The standard InChI is InChI=1S/C18H20ClN3.HI/c1-11-6-7-15(8-12(11)2)21-18(20)22-17-10-16(17)13-4-3-5-14(19)9-13;/h3-9,16-17H,10H2,1-2H3,(H3,20,21,22);1H. The highest BCUT2D eigenvalue weighted by molar-refractivity contribution is 14.0. The van der Waals surface area contributed by atoms with E-state index in [2.05, 4.69) is 42.4 Å². The fourth-order valence-corrected chi connectivity index (χ4v) is 2.80. The molecule has 2 atom stereocenters. The summed E-state index contributed by atoms with van der Waals surface area (Å²) in [6.45, 7) is 4.18. The number of aryl methyl sites for hydroxylation is 2. The average Bonchev–Trinajstić information content (AvgIpc) is 3.22. The Hall–Kier alpha value is -1.27. The largest absolute Gasteiger partial charge is 0.370 e. The Morgan fingerprint density at radius 3 is 2.65 bits per heavy atom. The highest BCUT2D eigenvalue weighted by Gasteiger charge is 2.38. The van der Waals surface area contributed by atoms with Crippen LogP contribution in [0.4, 0.5) is 5.69 Å². The van der Waals surface area contributed by atoms with Gasteiger partial charge in [0.2, 0.25) is 0 Å². The van der Waals surface area contributed by atoms with Gasteiger partial charge in [-0.2, -0.15) is 0 Å². The molecule has 1 fully saturated rings. The van der Waals surface area contributed by atoms with E-state index in [0.29, 0.717) is 11.9 Å². The van der Waals surface area contributed by atoms with Gasteiger partial charge in [-0.1, -0.05) is 29.8 Å². The van der Waals surface area contributed by atoms with Crippen molar-refractivity contribution in [1.82, 2.24) is 0 Å². The molecule has 0 heterocycles. The van der Waals surface area contributed by atoms with Crippen molar-refractivity contribution in [3.63, 3.8) is 0 Å². The van der Waals surface area contributed by atoms with Gasteiger partial charge in [0, 0.05) is 16.6 Å². The summed E-state index contributed by atoms with van der Waals surface area (Å²) in [6, 6.07) is 14.4. The summed E-state index contributed by atoms with van der Waals surface area (Å²) in [7, 11) is 0.